The number of nitrogens with zero attached hydrogens (tertiary/aromatic N) is 1. The van der Waals surface area contributed by atoms with E-state index in [-0.39, 0.29) is 24.4 Å². The van der Waals surface area contributed by atoms with E-state index in [1.54, 1.807) is 0 Å². The van der Waals surface area contributed by atoms with Crippen molar-refractivity contribution in [2.45, 2.75) is 25.8 Å². The smallest absolute Gasteiger partial charge is 0.290 e. The molecule has 0 bridgehead atoms. The van der Waals surface area contributed by atoms with Gasteiger partial charge in [-0.2, -0.15) is 0 Å². The van der Waals surface area contributed by atoms with E-state index in [4.69, 9.17) is 10.2 Å². The number of nitrogens with two attached hydrogens (primary N) is 1. The Morgan fingerprint density at radius 2 is 2.29 bits per heavy atom. The summed E-state index contributed by atoms with van der Waals surface area (Å²) < 4.78 is 6.75. The fourth-order valence-electron chi connectivity index (χ4n) is 2.88. The van der Waals surface area contributed by atoms with Crippen LogP contribution < -0.4 is 5.73 Å². The predicted molar refractivity (Wildman–Crippen MR) is 89.0 cm³/mol. The van der Waals surface area contributed by atoms with Crippen molar-refractivity contribution in [2.24, 2.45) is 5.73 Å². The molecule has 2 N–H and O–H groups in total. The lowest BCUT2D eigenvalue weighted by Crippen LogP contribution is -2.40. The van der Waals surface area contributed by atoms with Gasteiger partial charge in [-0.25, -0.2) is 0 Å². The maximum absolute atomic E-state index is 12.7. The lowest BCUT2D eigenvalue weighted by molar-refractivity contribution is 0.0710. The summed E-state index contributed by atoms with van der Waals surface area (Å²) in [5.41, 5.74) is 7.39. The minimum absolute atomic E-state index is 0. The van der Waals surface area contributed by atoms with E-state index < -0.39 is 0 Å². The van der Waals surface area contributed by atoms with Crippen molar-refractivity contribution < 1.29 is 9.21 Å². The molecule has 1 aliphatic heterocycles. The highest BCUT2D eigenvalue weighted by Crippen LogP contribution is 2.30. The second kappa shape index (κ2) is 6.38. The van der Waals surface area contributed by atoms with Crippen molar-refractivity contribution >= 4 is 45.2 Å². The van der Waals surface area contributed by atoms with Gasteiger partial charge in [0.05, 0.1) is 0 Å². The molecular formula is C15H18BrClN2O2. The van der Waals surface area contributed by atoms with Crippen molar-refractivity contribution in [1.82, 2.24) is 4.90 Å². The molecular weight excluding hydrogens is 356 g/mol. The Bertz CT molecular complexity index is 671. The van der Waals surface area contributed by atoms with Crippen molar-refractivity contribution in [3.05, 3.63) is 34.0 Å². The summed E-state index contributed by atoms with van der Waals surface area (Å²) in [5.74, 6) is 0.404. The van der Waals surface area contributed by atoms with E-state index in [9.17, 15) is 4.79 Å². The van der Waals surface area contributed by atoms with Gasteiger partial charge in [-0.1, -0.05) is 15.9 Å². The summed E-state index contributed by atoms with van der Waals surface area (Å²) in [6.07, 6.45) is 1.99. The maximum Gasteiger partial charge on any atom is 0.290 e. The molecule has 2 aromatic rings. The molecule has 1 fully saturated rings. The van der Waals surface area contributed by atoms with Gasteiger partial charge in [0.2, 0.25) is 0 Å². The predicted octanol–water partition coefficient (Wildman–Crippen LogP) is 3.49. The molecule has 1 atom stereocenters. The average Bonchev–Trinajstić information content (AvgIpc) is 3.03. The van der Waals surface area contributed by atoms with Crippen LogP contribution in [-0.4, -0.2) is 29.9 Å². The van der Waals surface area contributed by atoms with Crippen molar-refractivity contribution in [1.29, 1.82) is 0 Å². The van der Waals surface area contributed by atoms with Gasteiger partial charge in [-0.15, -0.1) is 12.4 Å². The van der Waals surface area contributed by atoms with Gasteiger partial charge in [0, 0.05) is 34.6 Å². The first-order valence-electron chi connectivity index (χ1n) is 6.81. The number of hydrogen-bond donors (Lipinski definition) is 1. The summed E-state index contributed by atoms with van der Waals surface area (Å²) in [5, 5.41) is 0.978. The van der Waals surface area contributed by atoms with Crippen LogP contribution in [0.15, 0.2) is 27.1 Å². The van der Waals surface area contributed by atoms with E-state index in [0.29, 0.717) is 12.3 Å². The molecule has 0 saturated carbocycles. The molecule has 1 saturated heterocycles. The van der Waals surface area contributed by atoms with Gasteiger partial charge in [0.25, 0.3) is 5.91 Å². The van der Waals surface area contributed by atoms with Crippen LogP contribution in [0.25, 0.3) is 11.0 Å². The van der Waals surface area contributed by atoms with Crippen molar-refractivity contribution in [2.75, 3.05) is 13.1 Å². The minimum atomic E-state index is -0.0391. The van der Waals surface area contributed by atoms with Gasteiger partial charge in [-0.05, 0) is 38.0 Å². The average molecular weight is 374 g/mol. The highest BCUT2D eigenvalue weighted by molar-refractivity contribution is 9.10. The summed E-state index contributed by atoms with van der Waals surface area (Å²) >= 11 is 3.45. The third-order valence-corrected chi connectivity index (χ3v) is 4.50. The fraction of sp³-hybridized carbons (Fsp3) is 0.400. The van der Waals surface area contributed by atoms with Crippen LogP contribution >= 0.6 is 28.3 Å². The van der Waals surface area contributed by atoms with Crippen LogP contribution in [-0.2, 0) is 0 Å². The largest absolute Gasteiger partial charge is 0.451 e. The number of fused-ring (bicyclic) bond motifs is 1. The summed E-state index contributed by atoms with van der Waals surface area (Å²) in [4.78, 5) is 14.5. The van der Waals surface area contributed by atoms with Gasteiger partial charge >= 0.3 is 0 Å². The van der Waals surface area contributed by atoms with E-state index in [1.807, 2.05) is 30.0 Å². The number of rotatable bonds is 2. The summed E-state index contributed by atoms with van der Waals surface area (Å²) in [6, 6.07) is 5.92. The molecule has 21 heavy (non-hydrogen) atoms. The molecule has 2 heterocycles. The van der Waals surface area contributed by atoms with Crippen LogP contribution in [0, 0.1) is 6.92 Å². The molecule has 1 aromatic heterocycles. The normalized spacial score (nSPS) is 18.0. The lowest BCUT2D eigenvalue weighted by Gasteiger charge is -2.22. The second-order valence-corrected chi connectivity index (χ2v) is 6.14. The molecule has 1 unspecified atom stereocenters. The molecule has 1 aromatic carbocycles. The first-order valence-corrected chi connectivity index (χ1v) is 7.61. The van der Waals surface area contributed by atoms with Crippen LogP contribution in [0.4, 0.5) is 0 Å². The Kier molecular flexibility index (Phi) is 4.96. The monoisotopic (exact) mass is 372 g/mol. The zero-order chi connectivity index (χ0) is 14.3. The molecule has 3 rings (SSSR count). The Hall–Kier alpha value is -1.04. The highest BCUT2D eigenvalue weighted by Gasteiger charge is 2.31. The maximum atomic E-state index is 12.7. The molecule has 4 nitrogen and oxygen atoms in total. The first kappa shape index (κ1) is 16.3. The quantitative estimate of drug-likeness (QED) is 0.876. The Morgan fingerprint density at radius 3 is 3.00 bits per heavy atom. The van der Waals surface area contributed by atoms with Crippen molar-refractivity contribution in [3.63, 3.8) is 0 Å². The van der Waals surface area contributed by atoms with Crippen LogP contribution in [0.5, 0.6) is 0 Å². The van der Waals surface area contributed by atoms with Crippen LogP contribution in [0.1, 0.15) is 29.0 Å². The Labute approximate surface area is 138 Å². The van der Waals surface area contributed by atoms with Gasteiger partial charge in [0.15, 0.2) is 5.76 Å². The lowest BCUT2D eigenvalue weighted by atomic mass is 10.1. The number of hydrogen-bond acceptors (Lipinski definition) is 3. The number of aryl methyl sites for hydroxylation is 1. The summed E-state index contributed by atoms with van der Waals surface area (Å²) in [6.45, 7) is 3.20. The number of carbonyl (C=O) groups is 1. The number of likely N-dealkylation sites (tertiary alicyclic amines) is 1. The third-order valence-electron chi connectivity index (χ3n) is 4.00. The van der Waals surface area contributed by atoms with Gasteiger partial charge < -0.3 is 15.1 Å². The molecule has 0 aliphatic carbocycles. The SMILES string of the molecule is Cc1c(C(=O)N2CCCC2CN)oc2ccc(Br)cc12.Cl. The van der Waals surface area contributed by atoms with E-state index in [0.717, 1.165) is 40.4 Å². The highest BCUT2D eigenvalue weighted by atomic mass is 79.9. The number of halogens is 2. The Balaban J connectivity index is 0.00000161. The molecule has 6 heteroatoms. The fourth-order valence-corrected chi connectivity index (χ4v) is 3.24. The van der Waals surface area contributed by atoms with E-state index in [2.05, 4.69) is 15.9 Å². The molecule has 0 radical (unpaired) electrons. The van der Waals surface area contributed by atoms with Gasteiger partial charge in [-0.3, -0.25) is 4.79 Å². The molecule has 1 aliphatic rings. The van der Waals surface area contributed by atoms with Crippen LogP contribution in [0.3, 0.4) is 0 Å². The third kappa shape index (κ3) is 2.82. The second-order valence-electron chi connectivity index (χ2n) is 5.23. The number of amides is 1. The standard InChI is InChI=1S/C15H17BrN2O2.ClH/c1-9-12-7-10(16)4-5-13(12)20-14(9)15(19)18-6-2-3-11(18)8-17;/h4-5,7,11H,2-3,6,8,17H2,1H3;1H. The van der Waals surface area contributed by atoms with Crippen LogP contribution in [0.2, 0.25) is 0 Å². The van der Waals surface area contributed by atoms with Crippen molar-refractivity contribution in [3.8, 4) is 0 Å². The Morgan fingerprint density at radius 1 is 1.52 bits per heavy atom. The van der Waals surface area contributed by atoms with E-state index >= 15 is 0 Å². The minimum Gasteiger partial charge on any atom is -0.451 e. The zero-order valence-electron chi connectivity index (χ0n) is 11.8. The molecule has 1 amide bonds. The van der Waals surface area contributed by atoms with Gasteiger partial charge in [0.1, 0.15) is 5.58 Å². The zero-order valence-corrected chi connectivity index (χ0v) is 14.2. The first-order chi connectivity index (χ1) is 9.61. The topological polar surface area (TPSA) is 59.5 Å². The number of carbonyl (C=O) groups excluding carboxylic acids is 1. The number of benzene rings is 1. The van der Waals surface area contributed by atoms with E-state index in [1.165, 1.54) is 0 Å². The molecule has 114 valence electrons. The number of furan rings is 1. The summed E-state index contributed by atoms with van der Waals surface area (Å²) in [7, 11) is 0. The molecule has 0 spiro atoms.